The number of piperazine rings is 1. The molecule has 3 aliphatic rings. The second kappa shape index (κ2) is 17.0. The second-order valence-electron chi connectivity index (χ2n) is 15.4. The van der Waals surface area contributed by atoms with Gasteiger partial charge in [-0.2, -0.15) is 13.2 Å². The van der Waals surface area contributed by atoms with E-state index in [9.17, 15) is 9.59 Å². The fourth-order valence-corrected chi connectivity index (χ4v) is 7.54. The van der Waals surface area contributed by atoms with Gasteiger partial charge in [0.05, 0.1) is 39.0 Å². The zero-order valence-electron chi connectivity index (χ0n) is 33.5. The van der Waals surface area contributed by atoms with Crippen LogP contribution in [-0.4, -0.2) is 110 Å². The van der Waals surface area contributed by atoms with Gasteiger partial charge < -0.3 is 43.3 Å². The van der Waals surface area contributed by atoms with Crippen LogP contribution in [0.2, 0.25) is 5.02 Å². The summed E-state index contributed by atoms with van der Waals surface area (Å²) in [5, 5.41) is -0.291. The Morgan fingerprint density at radius 1 is 0.864 bits per heavy atom. The molecule has 13 nitrogen and oxygen atoms in total. The minimum Gasteiger partial charge on any atom is -0.497 e. The Hall–Kier alpha value is -5.48. The van der Waals surface area contributed by atoms with Crippen molar-refractivity contribution >= 4 is 35.2 Å². The van der Waals surface area contributed by atoms with Crippen molar-refractivity contribution in [2.24, 2.45) is 0 Å². The molecule has 0 bridgehead atoms. The molecule has 0 radical (unpaired) electrons. The molecule has 4 aromatic rings. The topological polar surface area (TPSA) is 119 Å². The van der Waals surface area contributed by atoms with Crippen molar-refractivity contribution in [2.75, 3.05) is 76.6 Å². The molecule has 2 fully saturated rings. The van der Waals surface area contributed by atoms with Crippen molar-refractivity contribution in [1.29, 1.82) is 0 Å². The summed E-state index contributed by atoms with van der Waals surface area (Å²) in [5.74, 6) is 1.07. The fraction of sp³-hybridized carbons (Fsp3) is 0.429. The van der Waals surface area contributed by atoms with Crippen molar-refractivity contribution in [3.05, 3.63) is 87.9 Å². The molecule has 2 aromatic carbocycles. The number of nitrogens with zero attached hydrogens (tertiary/aromatic N) is 6. The zero-order chi connectivity index (χ0) is 42.1. The van der Waals surface area contributed by atoms with E-state index in [0.29, 0.717) is 37.8 Å². The highest BCUT2D eigenvalue weighted by Crippen LogP contribution is 2.46. The molecular weight excluding hydrogens is 793 g/mol. The predicted octanol–water partition coefficient (Wildman–Crippen LogP) is 7.33. The maximum atomic E-state index is 15.1. The number of hydrogen-bond donors (Lipinski definition) is 0. The number of anilines is 2. The number of methoxy groups -OCH3 is 2. The molecule has 3 aliphatic heterocycles. The summed E-state index contributed by atoms with van der Waals surface area (Å²) in [7, 11) is 3.13. The Morgan fingerprint density at radius 3 is 2.03 bits per heavy atom. The van der Waals surface area contributed by atoms with E-state index >= 15 is 13.2 Å². The minimum absolute atomic E-state index is 0.0271. The van der Waals surface area contributed by atoms with Crippen LogP contribution in [-0.2, 0) is 28.7 Å². The molecule has 1 atom stereocenters. The van der Waals surface area contributed by atoms with Crippen molar-refractivity contribution in [3.63, 3.8) is 0 Å². The number of hydrogen-bond acceptors (Lipinski definition) is 11. The first-order chi connectivity index (χ1) is 28.1. The average Bonchev–Trinajstić information content (AvgIpc) is 3.36. The van der Waals surface area contributed by atoms with Crippen LogP contribution in [0.5, 0.6) is 17.2 Å². The summed E-state index contributed by atoms with van der Waals surface area (Å²) in [4.78, 5) is 43.8. The lowest BCUT2D eigenvalue weighted by Gasteiger charge is -2.40. The molecule has 7 rings (SSSR count). The van der Waals surface area contributed by atoms with Gasteiger partial charge in [0.15, 0.2) is 5.75 Å². The van der Waals surface area contributed by atoms with Crippen molar-refractivity contribution in [3.8, 4) is 28.6 Å². The monoisotopic (exact) mass is 838 g/mol. The maximum absolute atomic E-state index is 15.1. The molecule has 2 saturated heterocycles. The first-order valence-electron chi connectivity index (χ1n) is 19.2. The van der Waals surface area contributed by atoms with E-state index in [1.807, 2.05) is 53.4 Å². The second-order valence-corrected chi connectivity index (χ2v) is 15.8. The summed E-state index contributed by atoms with van der Waals surface area (Å²) in [5.41, 5.74) is -0.883. The molecular formula is C42H46ClF3N6O7. The summed E-state index contributed by atoms with van der Waals surface area (Å²) in [6.45, 7) is 7.43. The lowest BCUT2D eigenvalue weighted by molar-refractivity contribution is -0.137. The van der Waals surface area contributed by atoms with Gasteiger partial charge in [0.1, 0.15) is 57.3 Å². The smallest absolute Gasteiger partial charge is 0.418 e. The Kier molecular flexibility index (Phi) is 12.0. The van der Waals surface area contributed by atoms with Crippen LogP contribution in [0.4, 0.5) is 29.6 Å². The van der Waals surface area contributed by atoms with Gasteiger partial charge in [-0.1, -0.05) is 35.9 Å². The molecule has 0 spiro atoms. The quantitative estimate of drug-likeness (QED) is 0.169. The summed E-state index contributed by atoms with van der Waals surface area (Å²) in [6.07, 6.45) is -5.39. The van der Waals surface area contributed by atoms with Crippen LogP contribution in [0.25, 0.3) is 11.4 Å². The number of halogens is 4. The SMILES string of the molecule is COc1ccc(CN(Cc2ccc(OC)cc2)c2ccc(C(F)(F)F)c(-c3nc(N4CCOCC4)c4c(c3Cl)OC[C@H]3CN(C(=O)OC(C)(C)C)CCN3C4=O)n2)cc1. The van der Waals surface area contributed by atoms with Crippen LogP contribution >= 0.6 is 11.6 Å². The number of carbonyl (C=O) groups is 2. The summed E-state index contributed by atoms with van der Waals surface area (Å²) < 4.78 is 73.3. The third kappa shape index (κ3) is 9.23. The average molecular weight is 839 g/mol. The molecule has 5 heterocycles. The zero-order valence-corrected chi connectivity index (χ0v) is 34.2. The summed E-state index contributed by atoms with van der Waals surface area (Å²) >= 11 is 7.10. The van der Waals surface area contributed by atoms with Gasteiger partial charge >= 0.3 is 12.3 Å². The number of benzene rings is 2. The summed E-state index contributed by atoms with van der Waals surface area (Å²) in [6, 6.07) is 16.4. The highest BCUT2D eigenvalue weighted by atomic mass is 35.5. The Morgan fingerprint density at radius 2 is 1.47 bits per heavy atom. The molecule has 0 unspecified atom stereocenters. The highest BCUT2D eigenvalue weighted by Gasteiger charge is 2.43. The highest BCUT2D eigenvalue weighted by molar-refractivity contribution is 6.35. The number of amides is 2. The van der Waals surface area contributed by atoms with Crippen LogP contribution in [0.1, 0.15) is 47.8 Å². The fourth-order valence-electron chi connectivity index (χ4n) is 7.25. The van der Waals surface area contributed by atoms with E-state index in [2.05, 4.69) is 0 Å². The minimum atomic E-state index is -4.86. The molecule has 2 aromatic heterocycles. The third-order valence-corrected chi connectivity index (χ3v) is 10.6. The molecule has 0 aliphatic carbocycles. The number of fused-ring (bicyclic) bond motifs is 2. The number of pyridine rings is 2. The van der Waals surface area contributed by atoms with Crippen LogP contribution < -0.4 is 24.0 Å². The van der Waals surface area contributed by atoms with Crippen LogP contribution in [0.15, 0.2) is 60.7 Å². The molecule has 0 saturated carbocycles. The van der Waals surface area contributed by atoms with Gasteiger partial charge in [0, 0.05) is 45.8 Å². The first-order valence-corrected chi connectivity index (χ1v) is 19.6. The number of alkyl halides is 3. The Bertz CT molecular complexity index is 2110. The molecule has 59 heavy (non-hydrogen) atoms. The van der Waals surface area contributed by atoms with E-state index < -0.39 is 41.1 Å². The van der Waals surface area contributed by atoms with E-state index in [-0.39, 0.29) is 73.0 Å². The largest absolute Gasteiger partial charge is 0.497 e. The van der Waals surface area contributed by atoms with E-state index in [0.717, 1.165) is 17.2 Å². The maximum Gasteiger partial charge on any atom is 0.418 e. The first kappa shape index (κ1) is 41.7. The van der Waals surface area contributed by atoms with Gasteiger partial charge in [-0.25, -0.2) is 14.8 Å². The molecule has 0 N–H and O–H groups in total. The van der Waals surface area contributed by atoms with Crippen molar-refractivity contribution < 1.29 is 46.4 Å². The standard InChI is InChI=1S/C42H46ClF3N6O7/c1-41(2,3)59-40(54)50-16-17-52-28(24-50)25-58-37-33(39(52)53)38(49-18-20-57-21-19-49)48-36(34(37)43)35-31(42(44,45)46)14-15-32(47-35)51(22-26-6-10-29(55-4)11-7-26)23-27-8-12-30(56-5)13-9-27/h6-15,28H,16-25H2,1-5H3/t28-/m1/s1. The third-order valence-electron chi connectivity index (χ3n) is 10.2. The van der Waals surface area contributed by atoms with Gasteiger partial charge in [0.2, 0.25) is 0 Å². The van der Waals surface area contributed by atoms with Crippen LogP contribution in [0, 0.1) is 0 Å². The van der Waals surface area contributed by atoms with E-state index in [1.54, 1.807) is 44.8 Å². The number of aromatic nitrogens is 2. The number of carbonyl (C=O) groups excluding carboxylic acids is 2. The van der Waals surface area contributed by atoms with Gasteiger partial charge in [0.25, 0.3) is 5.91 Å². The van der Waals surface area contributed by atoms with Gasteiger partial charge in [-0.3, -0.25) is 4.79 Å². The Labute approximate surface area is 345 Å². The van der Waals surface area contributed by atoms with Crippen molar-refractivity contribution in [2.45, 2.75) is 51.7 Å². The molecule has 17 heteroatoms. The lowest BCUT2D eigenvalue weighted by atomic mass is 10.1. The van der Waals surface area contributed by atoms with E-state index in [4.69, 9.17) is 45.3 Å². The lowest BCUT2D eigenvalue weighted by Crippen LogP contribution is -2.58. The normalized spacial score (nSPS) is 17.1. The Balaban J connectivity index is 1.33. The van der Waals surface area contributed by atoms with E-state index in [1.165, 1.54) is 11.0 Å². The molecule has 314 valence electrons. The van der Waals surface area contributed by atoms with Crippen LogP contribution in [0.3, 0.4) is 0 Å². The van der Waals surface area contributed by atoms with Gasteiger partial charge in [-0.05, 0) is 68.3 Å². The number of morpholine rings is 1. The predicted molar refractivity (Wildman–Crippen MR) is 215 cm³/mol. The van der Waals surface area contributed by atoms with Gasteiger partial charge in [-0.15, -0.1) is 0 Å². The molecule has 2 amide bonds. The van der Waals surface area contributed by atoms with Crippen molar-refractivity contribution in [1.82, 2.24) is 19.8 Å². The number of rotatable bonds is 9. The number of ether oxygens (including phenoxy) is 5.